The van der Waals surface area contributed by atoms with Gasteiger partial charge in [-0.25, -0.2) is 0 Å². The van der Waals surface area contributed by atoms with Crippen molar-refractivity contribution in [3.8, 4) is 0 Å². The van der Waals surface area contributed by atoms with Crippen molar-refractivity contribution in [2.45, 2.75) is 19.5 Å². The van der Waals surface area contributed by atoms with Crippen molar-refractivity contribution >= 4 is 5.97 Å². The van der Waals surface area contributed by atoms with Gasteiger partial charge in [-0.1, -0.05) is 0 Å². The number of methoxy groups -OCH3 is 1. The van der Waals surface area contributed by atoms with Gasteiger partial charge < -0.3 is 15.0 Å². The number of carbonyl (C=O) groups excluding carboxylic acids is 1. The summed E-state index contributed by atoms with van der Waals surface area (Å²) >= 11 is 0. The lowest BCUT2D eigenvalue weighted by Crippen LogP contribution is -2.34. The van der Waals surface area contributed by atoms with Gasteiger partial charge in [-0.05, 0) is 18.6 Å². The molecule has 0 saturated heterocycles. The average molecular weight is 182 g/mol. The molecule has 0 bridgehead atoms. The van der Waals surface area contributed by atoms with Crippen LogP contribution in [0.5, 0.6) is 0 Å². The van der Waals surface area contributed by atoms with Crippen LogP contribution in [-0.2, 0) is 16.1 Å². The molecule has 4 nitrogen and oxygen atoms in total. The zero-order chi connectivity index (χ0) is 9.68. The Morgan fingerprint density at radius 3 is 3.08 bits per heavy atom. The number of esters is 1. The predicted molar refractivity (Wildman–Crippen MR) is 49.1 cm³/mol. The molecule has 0 aromatic carbocycles. The molecule has 0 spiro atoms. The van der Waals surface area contributed by atoms with Crippen LogP contribution in [0.15, 0.2) is 18.5 Å². The zero-order valence-corrected chi connectivity index (χ0v) is 7.83. The van der Waals surface area contributed by atoms with Crippen LogP contribution >= 0.6 is 0 Å². The smallest absolute Gasteiger partial charge is 0.322 e. The number of aromatic amines is 1. The van der Waals surface area contributed by atoms with Crippen LogP contribution in [0.3, 0.4) is 0 Å². The number of aromatic nitrogens is 1. The van der Waals surface area contributed by atoms with E-state index in [0.29, 0.717) is 6.54 Å². The van der Waals surface area contributed by atoms with E-state index in [1.807, 2.05) is 18.5 Å². The van der Waals surface area contributed by atoms with Crippen LogP contribution in [0.2, 0.25) is 0 Å². The van der Waals surface area contributed by atoms with Gasteiger partial charge in [0, 0.05) is 18.9 Å². The Bertz CT molecular complexity index is 257. The zero-order valence-electron chi connectivity index (χ0n) is 7.83. The Morgan fingerprint density at radius 1 is 1.77 bits per heavy atom. The van der Waals surface area contributed by atoms with Crippen LogP contribution in [0.25, 0.3) is 0 Å². The van der Waals surface area contributed by atoms with Gasteiger partial charge in [0.2, 0.25) is 0 Å². The van der Waals surface area contributed by atoms with Crippen LogP contribution in [0, 0.1) is 0 Å². The predicted octanol–water partition coefficient (Wildman–Crippen LogP) is 0.666. The molecule has 1 atom stereocenters. The summed E-state index contributed by atoms with van der Waals surface area (Å²) in [4.78, 5) is 13.9. The van der Waals surface area contributed by atoms with Crippen LogP contribution in [0.4, 0.5) is 0 Å². The average Bonchev–Trinajstić information content (AvgIpc) is 2.65. The Kier molecular flexibility index (Phi) is 3.52. The van der Waals surface area contributed by atoms with Gasteiger partial charge in [-0.15, -0.1) is 0 Å². The minimum Gasteiger partial charge on any atom is -0.468 e. The molecule has 2 N–H and O–H groups in total. The van der Waals surface area contributed by atoms with Gasteiger partial charge in [-0.3, -0.25) is 4.79 Å². The van der Waals surface area contributed by atoms with Crippen molar-refractivity contribution in [2.75, 3.05) is 7.11 Å². The summed E-state index contributed by atoms with van der Waals surface area (Å²) in [6.45, 7) is 2.44. The third-order valence-electron chi connectivity index (χ3n) is 1.83. The summed E-state index contributed by atoms with van der Waals surface area (Å²) < 4.78 is 4.57. The fourth-order valence-electron chi connectivity index (χ4n) is 0.999. The van der Waals surface area contributed by atoms with Crippen LogP contribution in [-0.4, -0.2) is 24.1 Å². The number of nitrogens with one attached hydrogen (secondary N) is 2. The molecule has 0 aliphatic carbocycles. The lowest BCUT2D eigenvalue weighted by atomic mass is 10.3. The summed E-state index contributed by atoms with van der Waals surface area (Å²) in [6, 6.07) is 1.69. The van der Waals surface area contributed by atoms with Gasteiger partial charge in [0.15, 0.2) is 0 Å². The van der Waals surface area contributed by atoms with Crippen molar-refractivity contribution in [1.29, 1.82) is 0 Å². The van der Waals surface area contributed by atoms with Crippen LogP contribution in [0.1, 0.15) is 12.5 Å². The van der Waals surface area contributed by atoms with E-state index in [4.69, 9.17) is 0 Å². The number of ether oxygens (including phenoxy) is 1. The molecule has 0 saturated carbocycles. The highest BCUT2D eigenvalue weighted by Gasteiger charge is 2.11. The maximum absolute atomic E-state index is 11.0. The first-order valence-corrected chi connectivity index (χ1v) is 4.17. The summed E-state index contributed by atoms with van der Waals surface area (Å²) in [5, 5.41) is 3.04. The molecular formula is C9H14N2O2. The van der Waals surface area contributed by atoms with Gasteiger partial charge in [0.25, 0.3) is 0 Å². The number of H-pyrrole nitrogens is 1. The van der Waals surface area contributed by atoms with Gasteiger partial charge in [-0.2, -0.15) is 0 Å². The number of carbonyl (C=O) groups is 1. The molecule has 1 aromatic rings. The molecule has 4 heteroatoms. The maximum Gasteiger partial charge on any atom is 0.322 e. The normalized spacial score (nSPS) is 12.5. The molecule has 0 aliphatic heterocycles. The highest BCUT2D eigenvalue weighted by atomic mass is 16.5. The Hall–Kier alpha value is -1.29. The highest BCUT2D eigenvalue weighted by Crippen LogP contribution is 1.96. The van der Waals surface area contributed by atoms with E-state index in [1.54, 1.807) is 6.92 Å². The Balaban J connectivity index is 2.30. The summed E-state index contributed by atoms with van der Waals surface area (Å²) in [6.07, 6.45) is 3.73. The minimum absolute atomic E-state index is 0.240. The van der Waals surface area contributed by atoms with Crippen LogP contribution < -0.4 is 5.32 Å². The van der Waals surface area contributed by atoms with E-state index in [2.05, 4.69) is 15.0 Å². The fourth-order valence-corrected chi connectivity index (χ4v) is 0.999. The standard InChI is InChI=1S/C9H14N2O2/c1-7(9(12)13-2)11-6-8-3-4-10-5-8/h3-5,7,10-11H,6H2,1-2H3/t7-/m0/s1. The summed E-state index contributed by atoms with van der Waals surface area (Å²) in [7, 11) is 1.39. The monoisotopic (exact) mass is 182 g/mol. The minimum atomic E-state index is -0.264. The second-order valence-corrected chi connectivity index (χ2v) is 2.85. The Morgan fingerprint density at radius 2 is 2.54 bits per heavy atom. The highest BCUT2D eigenvalue weighted by molar-refractivity contribution is 5.75. The largest absolute Gasteiger partial charge is 0.468 e. The third kappa shape index (κ3) is 2.91. The van der Waals surface area contributed by atoms with Crippen molar-refractivity contribution in [3.63, 3.8) is 0 Å². The fraction of sp³-hybridized carbons (Fsp3) is 0.444. The van der Waals surface area contributed by atoms with E-state index < -0.39 is 0 Å². The lowest BCUT2D eigenvalue weighted by molar-refractivity contribution is -0.142. The van der Waals surface area contributed by atoms with Crippen molar-refractivity contribution in [3.05, 3.63) is 24.0 Å². The number of hydrogen-bond donors (Lipinski definition) is 2. The molecule has 0 aliphatic rings. The Labute approximate surface area is 77.3 Å². The molecular weight excluding hydrogens is 168 g/mol. The van der Waals surface area contributed by atoms with Crippen molar-refractivity contribution in [1.82, 2.24) is 10.3 Å². The first-order valence-electron chi connectivity index (χ1n) is 4.17. The van der Waals surface area contributed by atoms with Gasteiger partial charge >= 0.3 is 5.97 Å². The second-order valence-electron chi connectivity index (χ2n) is 2.85. The van der Waals surface area contributed by atoms with Gasteiger partial charge in [0.1, 0.15) is 6.04 Å². The summed E-state index contributed by atoms with van der Waals surface area (Å²) in [5.74, 6) is -0.240. The van der Waals surface area contributed by atoms with Crippen molar-refractivity contribution < 1.29 is 9.53 Å². The number of rotatable bonds is 4. The molecule has 0 amide bonds. The maximum atomic E-state index is 11.0. The lowest BCUT2D eigenvalue weighted by Gasteiger charge is -2.09. The molecule has 72 valence electrons. The SMILES string of the molecule is COC(=O)[C@H](C)NCc1cc[nH]c1. The topological polar surface area (TPSA) is 54.1 Å². The first kappa shape index (κ1) is 9.80. The molecule has 1 heterocycles. The molecule has 1 aromatic heterocycles. The van der Waals surface area contributed by atoms with E-state index in [-0.39, 0.29) is 12.0 Å². The van der Waals surface area contributed by atoms with Gasteiger partial charge in [0.05, 0.1) is 7.11 Å². The number of hydrogen-bond acceptors (Lipinski definition) is 3. The molecule has 1 rings (SSSR count). The first-order chi connectivity index (χ1) is 6.24. The third-order valence-corrected chi connectivity index (χ3v) is 1.83. The molecule has 13 heavy (non-hydrogen) atoms. The van der Waals surface area contributed by atoms with E-state index in [1.165, 1.54) is 7.11 Å². The molecule has 0 radical (unpaired) electrons. The second kappa shape index (κ2) is 4.67. The quantitative estimate of drug-likeness (QED) is 0.673. The van der Waals surface area contributed by atoms with E-state index in [9.17, 15) is 4.79 Å². The molecule has 0 unspecified atom stereocenters. The van der Waals surface area contributed by atoms with E-state index in [0.717, 1.165) is 5.56 Å². The summed E-state index contributed by atoms with van der Waals surface area (Å²) in [5.41, 5.74) is 1.12. The van der Waals surface area contributed by atoms with E-state index >= 15 is 0 Å². The van der Waals surface area contributed by atoms with Crippen molar-refractivity contribution in [2.24, 2.45) is 0 Å². The molecule has 0 fully saturated rings.